The molecule has 0 heterocycles. The summed E-state index contributed by atoms with van der Waals surface area (Å²) in [5.74, 6) is -1.22. The second kappa shape index (κ2) is 5.99. The van der Waals surface area contributed by atoms with Crippen molar-refractivity contribution in [3.05, 3.63) is 24.0 Å². The number of rotatable bonds is 5. The van der Waals surface area contributed by atoms with Crippen molar-refractivity contribution in [1.29, 1.82) is 0 Å². The zero-order valence-corrected chi connectivity index (χ0v) is 11.6. The van der Waals surface area contributed by atoms with Crippen molar-refractivity contribution < 1.29 is 23.8 Å². The standard InChI is InChI=1S/C14H17FN2O4/c1-21-11-7-9(15)3-4-10(11)16-13(20)17-14(5-2-6-14)8-12(18)19/h3-4,7H,2,5-6,8H2,1H3,(H,18,19)(H2,16,17,20). The fourth-order valence-corrected chi connectivity index (χ4v) is 2.40. The number of nitrogens with one attached hydrogen (secondary N) is 2. The summed E-state index contributed by atoms with van der Waals surface area (Å²) < 4.78 is 18.1. The highest BCUT2D eigenvalue weighted by atomic mass is 19.1. The van der Waals surface area contributed by atoms with Crippen LogP contribution in [0.2, 0.25) is 0 Å². The number of ether oxygens (including phenoxy) is 1. The predicted octanol–water partition coefficient (Wildman–Crippen LogP) is 2.35. The molecule has 1 aromatic rings. The number of halogens is 1. The van der Waals surface area contributed by atoms with Crippen molar-refractivity contribution in [3.8, 4) is 5.75 Å². The first kappa shape index (κ1) is 15.1. The van der Waals surface area contributed by atoms with Gasteiger partial charge in [0.1, 0.15) is 11.6 Å². The molecule has 0 atom stereocenters. The van der Waals surface area contributed by atoms with Crippen LogP contribution in [-0.2, 0) is 4.79 Å². The van der Waals surface area contributed by atoms with Gasteiger partial charge < -0.3 is 20.5 Å². The Morgan fingerprint density at radius 3 is 2.67 bits per heavy atom. The Bertz CT molecular complexity index is 558. The minimum Gasteiger partial charge on any atom is -0.494 e. The van der Waals surface area contributed by atoms with E-state index < -0.39 is 23.4 Å². The molecule has 114 valence electrons. The quantitative estimate of drug-likeness (QED) is 0.778. The number of urea groups is 1. The van der Waals surface area contributed by atoms with Crippen LogP contribution in [0.1, 0.15) is 25.7 Å². The summed E-state index contributed by atoms with van der Waals surface area (Å²) in [5.41, 5.74) is -0.371. The van der Waals surface area contributed by atoms with Gasteiger partial charge in [-0.05, 0) is 31.4 Å². The fourth-order valence-electron chi connectivity index (χ4n) is 2.40. The van der Waals surface area contributed by atoms with Crippen molar-refractivity contribution >= 4 is 17.7 Å². The number of carbonyl (C=O) groups excluding carboxylic acids is 1. The summed E-state index contributed by atoms with van der Waals surface area (Å²) >= 11 is 0. The van der Waals surface area contributed by atoms with Gasteiger partial charge in [0.2, 0.25) is 0 Å². The zero-order valence-electron chi connectivity index (χ0n) is 11.6. The van der Waals surface area contributed by atoms with Crippen LogP contribution < -0.4 is 15.4 Å². The highest BCUT2D eigenvalue weighted by molar-refractivity contribution is 5.91. The van der Waals surface area contributed by atoms with Gasteiger partial charge in [0.25, 0.3) is 0 Å². The van der Waals surface area contributed by atoms with E-state index in [0.717, 1.165) is 12.5 Å². The van der Waals surface area contributed by atoms with E-state index in [1.807, 2.05) is 0 Å². The minimum absolute atomic E-state index is 0.110. The number of aliphatic carboxylic acids is 1. The molecular formula is C14H17FN2O4. The molecule has 0 radical (unpaired) electrons. The third-order valence-electron chi connectivity index (χ3n) is 3.59. The molecule has 0 saturated heterocycles. The van der Waals surface area contributed by atoms with Crippen molar-refractivity contribution in [1.82, 2.24) is 5.32 Å². The van der Waals surface area contributed by atoms with Crippen molar-refractivity contribution in [2.75, 3.05) is 12.4 Å². The second-order valence-corrected chi connectivity index (χ2v) is 5.13. The highest BCUT2D eigenvalue weighted by Gasteiger charge is 2.40. The largest absolute Gasteiger partial charge is 0.494 e. The monoisotopic (exact) mass is 296 g/mol. The molecule has 1 fully saturated rings. The van der Waals surface area contributed by atoms with Crippen LogP contribution in [-0.4, -0.2) is 29.8 Å². The maximum Gasteiger partial charge on any atom is 0.319 e. The lowest BCUT2D eigenvalue weighted by molar-refractivity contribution is -0.139. The molecular weight excluding hydrogens is 279 g/mol. The van der Waals surface area contributed by atoms with Crippen LogP contribution in [0.5, 0.6) is 5.75 Å². The molecule has 2 amide bonds. The normalized spacial score (nSPS) is 15.7. The molecule has 0 spiro atoms. The minimum atomic E-state index is -0.950. The lowest BCUT2D eigenvalue weighted by Crippen LogP contribution is -2.55. The Hall–Kier alpha value is -2.31. The van der Waals surface area contributed by atoms with Crippen LogP contribution in [0.15, 0.2) is 18.2 Å². The lowest BCUT2D eigenvalue weighted by atomic mass is 9.74. The predicted molar refractivity (Wildman–Crippen MR) is 73.9 cm³/mol. The van der Waals surface area contributed by atoms with Gasteiger partial charge in [-0.25, -0.2) is 9.18 Å². The van der Waals surface area contributed by atoms with E-state index in [2.05, 4.69) is 10.6 Å². The lowest BCUT2D eigenvalue weighted by Gasteiger charge is -2.41. The Kier molecular flexibility index (Phi) is 4.30. The van der Waals surface area contributed by atoms with Gasteiger partial charge >= 0.3 is 12.0 Å². The van der Waals surface area contributed by atoms with Gasteiger partial charge in [-0.3, -0.25) is 4.79 Å². The number of benzene rings is 1. The molecule has 0 aromatic heterocycles. The molecule has 1 aromatic carbocycles. The van der Waals surface area contributed by atoms with E-state index in [0.29, 0.717) is 18.5 Å². The average Bonchev–Trinajstić information content (AvgIpc) is 2.37. The Labute approximate surface area is 121 Å². The third-order valence-corrected chi connectivity index (χ3v) is 3.59. The Morgan fingerprint density at radius 2 is 2.14 bits per heavy atom. The van der Waals surface area contributed by atoms with E-state index >= 15 is 0 Å². The molecule has 0 aliphatic heterocycles. The molecule has 3 N–H and O–H groups in total. The van der Waals surface area contributed by atoms with Gasteiger partial charge in [-0.2, -0.15) is 0 Å². The van der Waals surface area contributed by atoms with E-state index in [9.17, 15) is 14.0 Å². The van der Waals surface area contributed by atoms with E-state index in [-0.39, 0.29) is 12.2 Å². The number of carboxylic acid groups (broad SMARTS) is 1. The summed E-state index contributed by atoms with van der Waals surface area (Å²) in [6.07, 6.45) is 2.04. The Balaban J connectivity index is 2.03. The zero-order chi connectivity index (χ0) is 15.5. The SMILES string of the molecule is COc1cc(F)ccc1NC(=O)NC1(CC(=O)O)CCC1. The van der Waals surface area contributed by atoms with Crippen LogP contribution in [0.3, 0.4) is 0 Å². The molecule has 2 rings (SSSR count). The number of hydrogen-bond acceptors (Lipinski definition) is 3. The number of methoxy groups -OCH3 is 1. The fraction of sp³-hybridized carbons (Fsp3) is 0.429. The molecule has 7 heteroatoms. The molecule has 1 saturated carbocycles. The van der Waals surface area contributed by atoms with Gasteiger partial charge in [-0.15, -0.1) is 0 Å². The van der Waals surface area contributed by atoms with Crippen LogP contribution >= 0.6 is 0 Å². The molecule has 6 nitrogen and oxygen atoms in total. The molecule has 1 aliphatic rings. The van der Waals surface area contributed by atoms with Gasteiger partial charge in [0.15, 0.2) is 0 Å². The van der Waals surface area contributed by atoms with E-state index in [1.165, 1.54) is 19.2 Å². The number of hydrogen-bond donors (Lipinski definition) is 3. The van der Waals surface area contributed by atoms with Crippen molar-refractivity contribution in [2.24, 2.45) is 0 Å². The average molecular weight is 296 g/mol. The first-order valence-corrected chi connectivity index (χ1v) is 6.59. The van der Waals surface area contributed by atoms with Crippen LogP contribution in [0, 0.1) is 5.82 Å². The summed E-state index contributed by atoms with van der Waals surface area (Å²) in [4.78, 5) is 22.8. The summed E-state index contributed by atoms with van der Waals surface area (Å²) in [6.45, 7) is 0. The van der Waals surface area contributed by atoms with Crippen molar-refractivity contribution in [2.45, 2.75) is 31.2 Å². The number of carbonyl (C=O) groups is 2. The van der Waals surface area contributed by atoms with Gasteiger partial charge in [0, 0.05) is 6.07 Å². The first-order chi connectivity index (χ1) is 9.94. The number of amides is 2. The summed E-state index contributed by atoms with van der Waals surface area (Å²) in [6, 6.07) is 3.22. The van der Waals surface area contributed by atoms with Crippen molar-refractivity contribution in [3.63, 3.8) is 0 Å². The van der Waals surface area contributed by atoms with E-state index in [4.69, 9.17) is 9.84 Å². The maximum absolute atomic E-state index is 13.1. The number of carboxylic acids is 1. The maximum atomic E-state index is 13.1. The molecule has 0 unspecified atom stereocenters. The van der Waals surface area contributed by atoms with Gasteiger partial charge in [0.05, 0.1) is 24.8 Å². The first-order valence-electron chi connectivity index (χ1n) is 6.59. The smallest absolute Gasteiger partial charge is 0.319 e. The van der Waals surface area contributed by atoms with Crippen LogP contribution in [0.25, 0.3) is 0 Å². The molecule has 1 aliphatic carbocycles. The number of anilines is 1. The molecule has 0 bridgehead atoms. The highest BCUT2D eigenvalue weighted by Crippen LogP contribution is 2.35. The third kappa shape index (κ3) is 3.62. The van der Waals surface area contributed by atoms with E-state index in [1.54, 1.807) is 0 Å². The summed E-state index contributed by atoms with van der Waals surface area (Å²) in [5, 5.41) is 14.1. The molecule has 21 heavy (non-hydrogen) atoms. The Morgan fingerprint density at radius 1 is 1.43 bits per heavy atom. The van der Waals surface area contributed by atoms with Crippen LogP contribution in [0.4, 0.5) is 14.9 Å². The van der Waals surface area contributed by atoms with Gasteiger partial charge in [-0.1, -0.05) is 0 Å². The summed E-state index contributed by atoms with van der Waals surface area (Å²) in [7, 11) is 1.37. The topological polar surface area (TPSA) is 87.7 Å². The second-order valence-electron chi connectivity index (χ2n) is 5.13.